The number of hydrogen-bond acceptors (Lipinski definition) is 3. The molecule has 1 aromatic rings. The minimum Gasteiger partial charge on any atom is -0.355 e. The lowest BCUT2D eigenvalue weighted by Gasteiger charge is -2.14. The summed E-state index contributed by atoms with van der Waals surface area (Å²) in [5.74, 6) is 0.358. The van der Waals surface area contributed by atoms with Crippen molar-refractivity contribution in [1.82, 2.24) is 0 Å². The third-order valence-corrected chi connectivity index (χ3v) is 3.91. The third-order valence-electron chi connectivity index (χ3n) is 2.40. The summed E-state index contributed by atoms with van der Waals surface area (Å²) < 4.78 is 22.2. The molecule has 1 atom stereocenters. The highest BCUT2D eigenvalue weighted by atomic mass is 32.2. The van der Waals surface area contributed by atoms with Crippen molar-refractivity contribution in [1.29, 1.82) is 0 Å². The zero-order chi connectivity index (χ0) is 12.1. The smallest absolute Gasteiger partial charge is 0.168 e. The van der Waals surface area contributed by atoms with Crippen LogP contribution in [0.2, 0.25) is 0 Å². The van der Waals surface area contributed by atoms with Gasteiger partial charge in [0.2, 0.25) is 0 Å². The van der Waals surface area contributed by atoms with Crippen LogP contribution in [0.1, 0.15) is 11.1 Å². The zero-order valence-corrected chi connectivity index (χ0v) is 11.0. The maximum absolute atomic E-state index is 12.1. The SMILES string of the molecule is COC(CS(=O)c1cc(C)ccc1C)OC. The summed E-state index contributed by atoms with van der Waals surface area (Å²) in [6.07, 6.45) is -0.416. The maximum Gasteiger partial charge on any atom is 0.168 e. The van der Waals surface area contributed by atoms with Gasteiger partial charge in [0.05, 0.1) is 16.6 Å². The molecular formula is C12H18O3S. The van der Waals surface area contributed by atoms with Gasteiger partial charge in [0, 0.05) is 19.1 Å². The number of methoxy groups -OCH3 is 2. The summed E-state index contributed by atoms with van der Waals surface area (Å²) in [4.78, 5) is 0.860. The lowest BCUT2D eigenvalue weighted by molar-refractivity contribution is -0.0847. The summed E-state index contributed by atoms with van der Waals surface area (Å²) >= 11 is 0. The van der Waals surface area contributed by atoms with Gasteiger partial charge in [-0.3, -0.25) is 4.21 Å². The number of hydrogen-bond donors (Lipinski definition) is 0. The van der Waals surface area contributed by atoms with Crippen molar-refractivity contribution in [3.63, 3.8) is 0 Å². The van der Waals surface area contributed by atoms with Crippen molar-refractivity contribution in [3.05, 3.63) is 29.3 Å². The van der Waals surface area contributed by atoms with Crippen molar-refractivity contribution >= 4 is 10.8 Å². The van der Waals surface area contributed by atoms with Gasteiger partial charge in [-0.25, -0.2) is 0 Å². The Morgan fingerprint density at radius 1 is 1.25 bits per heavy atom. The Balaban J connectivity index is 2.83. The fourth-order valence-corrected chi connectivity index (χ4v) is 2.84. The number of ether oxygens (including phenoxy) is 2. The Morgan fingerprint density at radius 2 is 1.88 bits per heavy atom. The highest BCUT2D eigenvalue weighted by molar-refractivity contribution is 7.85. The first-order valence-electron chi connectivity index (χ1n) is 5.09. The predicted octanol–water partition coefficient (Wildman–Crippen LogP) is 2.03. The second-order valence-electron chi connectivity index (χ2n) is 3.68. The minimum absolute atomic E-state index is 0.358. The fraction of sp³-hybridized carbons (Fsp3) is 0.500. The highest BCUT2D eigenvalue weighted by Crippen LogP contribution is 2.16. The van der Waals surface area contributed by atoms with Crippen molar-refractivity contribution in [2.45, 2.75) is 25.0 Å². The number of benzene rings is 1. The van der Waals surface area contributed by atoms with E-state index in [4.69, 9.17) is 9.47 Å². The standard InChI is InChI=1S/C12H18O3S/c1-9-5-6-10(2)11(7-9)16(13)8-12(14-3)15-4/h5-7,12H,8H2,1-4H3. The molecule has 0 aliphatic heterocycles. The predicted molar refractivity (Wildman–Crippen MR) is 65.0 cm³/mol. The molecule has 0 spiro atoms. The van der Waals surface area contributed by atoms with Gasteiger partial charge in [0.25, 0.3) is 0 Å². The Labute approximate surface area is 99.2 Å². The summed E-state index contributed by atoms with van der Waals surface area (Å²) in [6.45, 7) is 3.95. The van der Waals surface area contributed by atoms with Crippen LogP contribution >= 0.6 is 0 Å². The van der Waals surface area contributed by atoms with Gasteiger partial charge in [-0.1, -0.05) is 12.1 Å². The van der Waals surface area contributed by atoms with Crippen LogP contribution in [0, 0.1) is 13.8 Å². The molecular weight excluding hydrogens is 224 g/mol. The molecule has 0 aliphatic carbocycles. The summed E-state index contributed by atoms with van der Waals surface area (Å²) in [6, 6.07) is 5.95. The van der Waals surface area contributed by atoms with E-state index in [0.717, 1.165) is 16.0 Å². The maximum atomic E-state index is 12.1. The van der Waals surface area contributed by atoms with Gasteiger partial charge < -0.3 is 9.47 Å². The van der Waals surface area contributed by atoms with Gasteiger partial charge in [-0.15, -0.1) is 0 Å². The molecule has 0 bridgehead atoms. The van der Waals surface area contributed by atoms with Crippen molar-refractivity contribution in [3.8, 4) is 0 Å². The average Bonchev–Trinajstić information content (AvgIpc) is 2.28. The monoisotopic (exact) mass is 242 g/mol. The molecule has 90 valence electrons. The molecule has 1 unspecified atom stereocenters. The molecule has 0 fully saturated rings. The van der Waals surface area contributed by atoms with Gasteiger partial charge >= 0.3 is 0 Å². The molecule has 1 rings (SSSR count). The van der Waals surface area contributed by atoms with Crippen LogP contribution in [0.4, 0.5) is 0 Å². The van der Waals surface area contributed by atoms with Crippen LogP contribution in [-0.4, -0.2) is 30.5 Å². The first kappa shape index (κ1) is 13.4. The fourth-order valence-electron chi connectivity index (χ4n) is 1.40. The van der Waals surface area contributed by atoms with E-state index in [9.17, 15) is 4.21 Å². The van der Waals surface area contributed by atoms with Crippen LogP contribution in [0.25, 0.3) is 0 Å². The van der Waals surface area contributed by atoms with Crippen LogP contribution in [0.5, 0.6) is 0 Å². The van der Waals surface area contributed by atoms with Crippen LogP contribution in [0.15, 0.2) is 23.1 Å². The van der Waals surface area contributed by atoms with Crippen molar-refractivity contribution in [2.75, 3.05) is 20.0 Å². The molecule has 3 nitrogen and oxygen atoms in total. The largest absolute Gasteiger partial charge is 0.355 e. The molecule has 16 heavy (non-hydrogen) atoms. The summed E-state index contributed by atoms with van der Waals surface area (Å²) in [5.41, 5.74) is 2.15. The molecule has 0 amide bonds. The lowest BCUT2D eigenvalue weighted by Crippen LogP contribution is -2.21. The molecule has 0 saturated heterocycles. The summed E-state index contributed by atoms with van der Waals surface area (Å²) in [7, 11) is 2.02. The first-order chi connectivity index (χ1) is 7.58. The Kier molecular flexibility index (Phi) is 5.12. The van der Waals surface area contributed by atoms with E-state index >= 15 is 0 Å². The van der Waals surface area contributed by atoms with Crippen LogP contribution < -0.4 is 0 Å². The molecule has 0 aliphatic rings. The second-order valence-corrected chi connectivity index (χ2v) is 5.15. The number of rotatable bonds is 5. The van der Waals surface area contributed by atoms with E-state index in [1.807, 2.05) is 32.0 Å². The Bertz CT molecular complexity index is 373. The van der Waals surface area contributed by atoms with Crippen LogP contribution in [-0.2, 0) is 20.3 Å². The molecule has 4 heteroatoms. The molecule has 0 aromatic heterocycles. The van der Waals surface area contributed by atoms with Crippen molar-refractivity contribution in [2.24, 2.45) is 0 Å². The number of aryl methyl sites for hydroxylation is 2. The molecule has 0 saturated carbocycles. The topological polar surface area (TPSA) is 35.5 Å². The zero-order valence-electron chi connectivity index (χ0n) is 10.1. The lowest BCUT2D eigenvalue weighted by atomic mass is 10.2. The summed E-state index contributed by atoms with van der Waals surface area (Å²) in [5, 5.41) is 0. The normalized spacial score (nSPS) is 13.1. The Hall–Kier alpha value is -0.710. The van der Waals surface area contributed by atoms with Crippen molar-refractivity contribution < 1.29 is 13.7 Å². The van der Waals surface area contributed by atoms with E-state index in [0.29, 0.717) is 5.75 Å². The van der Waals surface area contributed by atoms with E-state index in [2.05, 4.69) is 0 Å². The van der Waals surface area contributed by atoms with Gasteiger partial charge in [-0.2, -0.15) is 0 Å². The van der Waals surface area contributed by atoms with E-state index < -0.39 is 17.1 Å². The van der Waals surface area contributed by atoms with E-state index in [1.54, 1.807) is 14.2 Å². The third kappa shape index (κ3) is 3.40. The highest BCUT2D eigenvalue weighted by Gasteiger charge is 2.14. The van der Waals surface area contributed by atoms with E-state index in [1.165, 1.54) is 0 Å². The minimum atomic E-state index is -1.09. The average molecular weight is 242 g/mol. The molecule has 1 aromatic carbocycles. The van der Waals surface area contributed by atoms with Gasteiger partial charge in [-0.05, 0) is 31.0 Å². The van der Waals surface area contributed by atoms with E-state index in [-0.39, 0.29) is 0 Å². The van der Waals surface area contributed by atoms with Gasteiger partial charge in [0.15, 0.2) is 6.29 Å². The van der Waals surface area contributed by atoms with Gasteiger partial charge in [0.1, 0.15) is 0 Å². The second kappa shape index (κ2) is 6.13. The van der Waals surface area contributed by atoms with Crippen LogP contribution in [0.3, 0.4) is 0 Å². The molecule has 0 radical (unpaired) electrons. The molecule has 0 N–H and O–H groups in total. The molecule has 0 heterocycles. The first-order valence-corrected chi connectivity index (χ1v) is 6.41. The quantitative estimate of drug-likeness (QED) is 0.741. The Morgan fingerprint density at radius 3 is 2.44 bits per heavy atom.